The van der Waals surface area contributed by atoms with E-state index in [0.29, 0.717) is 0 Å². The first kappa shape index (κ1) is 12.2. The average Bonchev–Trinajstić information content (AvgIpc) is 2.30. The van der Waals surface area contributed by atoms with E-state index in [1.807, 2.05) is 23.9 Å². The molecule has 1 heteroatoms. The third-order valence-corrected chi connectivity index (χ3v) is 3.36. The molecular formula is C14H17S. The molecule has 1 rings (SSSR count). The second-order valence-corrected chi connectivity index (χ2v) is 4.73. The highest BCUT2D eigenvalue weighted by Crippen LogP contribution is 2.20. The Kier molecular flexibility index (Phi) is 6.04. The fraction of sp³-hybridized carbons (Fsp3) is 0.429. The van der Waals surface area contributed by atoms with E-state index in [9.17, 15) is 0 Å². The lowest BCUT2D eigenvalue weighted by Crippen LogP contribution is -1.81. The number of unbranched alkanes of at least 4 members (excludes halogenated alkanes) is 3. The van der Waals surface area contributed by atoms with Gasteiger partial charge in [0.1, 0.15) is 0 Å². The Balaban J connectivity index is 2.23. The highest BCUT2D eigenvalue weighted by molar-refractivity contribution is 7.99. The van der Waals surface area contributed by atoms with E-state index in [4.69, 9.17) is 6.42 Å². The number of rotatable bonds is 6. The van der Waals surface area contributed by atoms with E-state index >= 15 is 0 Å². The molecule has 0 saturated heterocycles. The van der Waals surface area contributed by atoms with E-state index in [1.54, 1.807) is 0 Å². The van der Waals surface area contributed by atoms with Crippen LogP contribution in [-0.2, 0) is 0 Å². The van der Waals surface area contributed by atoms with Gasteiger partial charge in [-0.2, -0.15) is 0 Å². The molecule has 0 spiro atoms. The van der Waals surface area contributed by atoms with Crippen LogP contribution in [0.1, 0.15) is 38.2 Å². The van der Waals surface area contributed by atoms with Crippen molar-refractivity contribution in [3.05, 3.63) is 36.3 Å². The quantitative estimate of drug-likeness (QED) is 0.389. The molecule has 0 nitrogen and oxygen atoms in total. The Hall–Kier alpha value is -0.870. The summed E-state index contributed by atoms with van der Waals surface area (Å²) in [6.07, 6.45) is 12.3. The predicted octanol–water partition coefficient (Wildman–Crippen LogP) is 4.30. The lowest BCUT2D eigenvalue weighted by molar-refractivity contribution is 0.706. The minimum absolute atomic E-state index is 0.852. The van der Waals surface area contributed by atoms with Crippen LogP contribution in [0.25, 0.3) is 0 Å². The minimum atomic E-state index is 0.852. The fourth-order valence-corrected chi connectivity index (χ4v) is 2.27. The molecule has 0 aliphatic heterocycles. The molecule has 0 aliphatic rings. The fourth-order valence-electron chi connectivity index (χ4n) is 1.35. The Morgan fingerprint density at radius 3 is 2.47 bits per heavy atom. The maximum Gasteiger partial charge on any atom is 0.0256 e. The molecule has 0 fully saturated rings. The van der Waals surface area contributed by atoms with Gasteiger partial charge in [-0.15, -0.1) is 11.8 Å². The van der Waals surface area contributed by atoms with Gasteiger partial charge in [-0.05, 0) is 42.9 Å². The van der Waals surface area contributed by atoms with Crippen LogP contribution in [0.15, 0.2) is 29.2 Å². The molecule has 0 aliphatic carbocycles. The molecule has 1 aromatic rings. The maximum absolute atomic E-state index is 6.97. The molecule has 0 amide bonds. The molecule has 0 heterocycles. The normalized spacial score (nSPS) is 9.87. The zero-order valence-electron chi connectivity index (χ0n) is 9.25. The van der Waals surface area contributed by atoms with E-state index in [2.05, 4.69) is 25.0 Å². The van der Waals surface area contributed by atoms with Gasteiger partial charge in [-0.25, -0.2) is 0 Å². The highest BCUT2D eigenvalue weighted by Gasteiger charge is 1.94. The molecule has 0 aromatic heterocycles. The van der Waals surface area contributed by atoms with Gasteiger partial charge in [-0.3, -0.25) is 0 Å². The van der Waals surface area contributed by atoms with Gasteiger partial charge in [0.2, 0.25) is 0 Å². The molecular weight excluding hydrogens is 200 g/mol. The lowest BCUT2D eigenvalue weighted by atomic mass is 10.2. The van der Waals surface area contributed by atoms with E-state index < -0.39 is 0 Å². The lowest BCUT2D eigenvalue weighted by Gasteiger charge is -2.01. The zero-order chi connectivity index (χ0) is 10.9. The Morgan fingerprint density at radius 1 is 1.13 bits per heavy atom. The minimum Gasteiger partial charge on any atom is -0.126 e. The molecule has 1 radical (unpaired) electrons. The van der Waals surface area contributed by atoms with Gasteiger partial charge in [0, 0.05) is 10.5 Å². The van der Waals surface area contributed by atoms with Crippen molar-refractivity contribution < 1.29 is 0 Å². The summed E-state index contributed by atoms with van der Waals surface area (Å²) in [6.45, 7) is 2.24. The largest absolute Gasteiger partial charge is 0.126 e. The van der Waals surface area contributed by atoms with Crippen molar-refractivity contribution >= 4 is 11.8 Å². The molecule has 79 valence electrons. The summed E-state index contributed by atoms with van der Waals surface area (Å²) in [5, 5.41) is 0. The predicted molar refractivity (Wildman–Crippen MR) is 67.5 cm³/mol. The zero-order valence-corrected chi connectivity index (χ0v) is 10.1. The summed E-state index contributed by atoms with van der Waals surface area (Å²) in [5.41, 5.74) is 0.852. The Morgan fingerprint density at radius 2 is 1.87 bits per heavy atom. The standard InChI is InChI=1S/C14H17S/c1-3-5-6-7-12-15-14-10-8-13(4-2)9-11-14/h8-11H,3,5-7,12H2,1H3. The van der Waals surface area contributed by atoms with Crippen LogP contribution in [0.3, 0.4) is 0 Å². The number of hydrogen-bond acceptors (Lipinski definition) is 1. The summed E-state index contributed by atoms with van der Waals surface area (Å²) in [4.78, 5) is 1.30. The highest BCUT2D eigenvalue weighted by atomic mass is 32.2. The molecule has 0 unspecified atom stereocenters. The number of hydrogen-bond donors (Lipinski definition) is 0. The third-order valence-electron chi connectivity index (χ3n) is 2.27. The van der Waals surface area contributed by atoms with Crippen molar-refractivity contribution in [1.82, 2.24) is 0 Å². The molecule has 0 N–H and O–H groups in total. The van der Waals surface area contributed by atoms with Crippen LogP contribution in [0.2, 0.25) is 0 Å². The monoisotopic (exact) mass is 217 g/mol. The van der Waals surface area contributed by atoms with Crippen molar-refractivity contribution in [3.63, 3.8) is 0 Å². The first-order chi connectivity index (χ1) is 7.36. The summed E-state index contributed by atoms with van der Waals surface area (Å²) >= 11 is 1.90. The van der Waals surface area contributed by atoms with Crippen LogP contribution in [0, 0.1) is 12.3 Å². The first-order valence-electron chi connectivity index (χ1n) is 5.52. The summed E-state index contributed by atoms with van der Waals surface area (Å²) in [7, 11) is 0. The molecule has 0 saturated carbocycles. The van der Waals surface area contributed by atoms with Crippen molar-refractivity contribution in [3.8, 4) is 5.92 Å². The number of thioether (sulfide) groups is 1. The molecule has 0 atom stereocenters. The van der Waals surface area contributed by atoms with Gasteiger partial charge in [0.05, 0.1) is 0 Å². The molecule has 0 bridgehead atoms. The van der Waals surface area contributed by atoms with Crippen LogP contribution >= 0.6 is 11.8 Å². The smallest absolute Gasteiger partial charge is 0.0256 e. The molecule has 15 heavy (non-hydrogen) atoms. The van der Waals surface area contributed by atoms with E-state index in [-0.39, 0.29) is 0 Å². The van der Waals surface area contributed by atoms with E-state index in [1.165, 1.54) is 36.3 Å². The van der Waals surface area contributed by atoms with Crippen molar-refractivity contribution in [2.75, 3.05) is 5.75 Å². The van der Waals surface area contributed by atoms with Crippen molar-refractivity contribution in [2.24, 2.45) is 0 Å². The van der Waals surface area contributed by atoms with E-state index in [0.717, 1.165) is 5.56 Å². The van der Waals surface area contributed by atoms with Crippen molar-refractivity contribution in [2.45, 2.75) is 37.5 Å². The van der Waals surface area contributed by atoms with Gasteiger partial charge >= 0.3 is 0 Å². The summed E-state index contributed by atoms with van der Waals surface area (Å²) in [5.74, 6) is 3.58. The Labute approximate surface area is 97.5 Å². The first-order valence-corrected chi connectivity index (χ1v) is 6.51. The van der Waals surface area contributed by atoms with Crippen LogP contribution in [0.4, 0.5) is 0 Å². The SMILES string of the molecule is [C]#Cc1ccc(SCCCCCC)cc1. The maximum atomic E-state index is 6.97. The number of benzene rings is 1. The van der Waals surface area contributed by atoms with Gasteiger partial charge in [-0.1, -0.05) is 32.1 Å². The van der Waals surface area contributed by atoms with Crippen LogP contribution < -0.4 is 0 Å². The van der Waals surface area contributed by atoms with Crippen LogP contribution in [-0.4, -0.2) is 5.75 Å². The van der Waals surface area contributed by atoms with Gasteiger partial charge < -0.3 is 0 Å². The third kappa shape index (κ3) is 4.95. The molecule has 1 aromatic carbocycles. The van der Waals surface area contributed by atoms with Gasteiger partial charge in [0.25, 0.3) is 0 Å². The topological polar surface area (TPSA) is 0 Å². The second kappa shape index (κ2) is 7.43. The Bertz CT molecular complexity index is 305. The summed E-state index contributed by atoms with van der Waals surface area (Å²) in [6, 6.07) is 8.03. The van der Waals surface area contributed by atoms with Gasteiger partial charge in [0.15, 0.2) is 0 Å². The average molecular weight is 217 g/mol. The second-order valence-electron chi connectivity index (χ2n) is 3.56. The summed E-state index contributed by atoms with van der Waals surface area (Å²) < 4.78 is 0. The van der Waals surface area contributed by atoms with Crippen LogP contribution in [0.5, 0.6) is 0 Å². The van der Waals surface area contributed by atoms with Crippen molar-refractivity contribution in [1.29, 1.82) is 0 Å².